The molecule has 0 bridgehead atoms. The number of benzene rings is 1. The van der Waals surface area contributed by atoms with Crippen LogP contribution in [0.3, 0.4) is 0 Å². The third kappa shape index (κ3) is 4.23. The van der Waals surface area contributed by atoms with Crippen molar-refractivity contribution >= 4 is 50.5 Å². The van der Waals surface area contributed by atoms with Gasteiger partial charge in [0.25, 0.3) is 0 Å². The number of carbonyl (C=O) groups is 1. The van der Waals surface area contributed by atoms with Crippen molar-refractivity contribution in [2.75, 3.05) is 12.4 Å². The number of thiophene rings is 1. The molecule has 1 aromatic carbocycles. The number of hydrogen-bond donors (Lipinski definition) is 1. The lowest BCUT2D eigenvalue weighted by Crippen LogP contribution is -2.02. The molecule has 0 spiro atoms. The number of hydrogen-bond acceptors (Lipinski definition) is 4. The Bertz CT molecular complexity index is 615. The van der Waals surface area contributed by atoms with Crippen molar-refractivity contribution in [3.05, 3.63) is 49.6 Å². The first kappa shape index (κ1) is 15.4. The summed E-state index contributed by atoms with van der Waals surface area (Å²) < 4.78 is 5.51. The molecule has 3 nitrogen and oxygen atoms in total. The van der Waals surface area contributed by atoms with Gasteiger partial charge in [-0.05, 0) is 46.3 Å². The molecule has 2 aromatic rings. The van der Waals surface area contributed by atoms with Crippen LogP contribution in [-0.2, 0) is 22.5 Å². The zero-order chi connectivity index (χ0) is 14.5. The standard InChI is InChI=1S/C14H13BrClNO2S/c1-19-14(18)7-10-3-4-11(20-10)8-17-9-2-5-13(16)12(15)6-9/h2-6,17H,7-8H2,1H3. The van der Waals surface area contributed by atoms with E-state index in [2.05, 4.69) is 26.0 Å². The van der Waals surface area contributed by atoms with Crippen LogP contribution in [0.1, 0.15) is 9.75 Å². The summed E-state index contributed by atoms with van der Waals surface area (Å²) in [5.74, 6) is -0.215. The van der Waals surface area contributed by atoms with Crippen LogP contribution in [0.15, 0.2) is 34.8 Å². The van der Waals surface area contributed by atoms with Crippen LogP contribution in [-0.4, -0.2) is 13.1 Å². The molecule has 0 aliphatic rings. The largest absolute Gasteiger partial charge is 0.469 e. The third-order valence-electron chi connectivity index (χ3n) is 2.65. The Morgan fingerprint density at radius 2 is 2.10 bits per heavy atom. The average Bonchev–Trinajstić information content (AvgIpc) is 2.87. The highest BCUT2D eigenvalue weighted by atomic mass is 79.9. The summed E-state index contributed by atoms with van der Waals surface area (Å²) in [6, 6.07) is 9.67. The summed E-state index contributed by atoms with van der Waals surface area (Å²) in [7, 11) is 1.40. The molecule has 20 heavy (non-hydrogen) atoms. The molecule has 0 aliphatic carbocycles. The number of anilines is 1. The van der Waals surface area contributed by atoms with Crippen molar-refractivity contribution < 1.29 is 9.53 Å². The molecule has 0 unspecified atom stereocenters. The summed E-state index contributed by atoms with van der Waals surface area (Å²) in [6.07, 6.45) is 0.327. The molecule has 1 heterocycles. The number of ether oxygens (including phenoxy) is 1. The van der Waals surface area contributed by atoms with E-state index in [4.69, 9.17) is 11.6 Å². The van der Waals surface area contributed by atoms with E-state index >= 15 is 0 Å². The summed E-state index contributed by atoms with van der Waals surface area (Å²) in [5.41, 5.74) is 0.990. The van der Waals surface area contributed by atoms with E-state index in [9.17, 15) is 4.79 Å². The molecule has 1 N–H and O–H groups in total. The van der Waals surface area contributed by atoms with Crippen molar-refractivity contribution in [3.8, 4) is 0 Å². The minimum Gasteiger partial charge on any atom is -0.469 e. The minimum atomic E-state index is -0.215. The van der Waals surface area contributed by atoms with Crippen molar-refractivity contribution in [1.82, 2.24) is 0 Å². The highest BCUT2D eigenvalue weighted by molar-refractivity contribution is 9.10. The van der Waals surface area contributed by atoms with Gasteiger partial charge in [-0.1, -0.05) is 11.6 Å². The highest BCUT2D eigenvalue weighted by Crippen LogP contribution is 2.26. The van der Waals surface area contributed by atoms with Gasteiger partial charge >= 0.3 is 5.97 Å². The number of rotatable bonds is 5. The van der Waals surface area contributed by atoms with Crippen LogP contribution >= 0.6 is 38.9 Å². The zero-order valence-corrected chi connectivity index (χ0v) is 13.9. The maximum Gasteiger partial charge on any atom is 0.310 e. The van der Waals surface area contributed by atoms with Crippen LogP contribution in [0.25, 0.3) is 0 Å². The van der Waals surface area contributed by atoms with Gasteiger partial charge in [-0.15, -0.1) is 11.3 Å². The Hall–Kier alpha value is -1.04. The molecule has 0 atom stereocenters. The van der Waals surface area contributed by atoms with Gasteiger partial charge in [-0.2, -0.15) is 0 Å². The highest BCUT2D eigenvalue weighted by Gasteiger charge is 2.06. The molecule has 6 heteroatoms. The second-order valence-corrected chi connectivity index (χ2v) is 6.62. The Morgan fingerprint density at radius 3 is 2.80 bits per heavy atom. The van der Waals surface area contributed by atoms with Crippen molar-refractivity contribution in [3.63, 3.8) is 0 Å². The SMILES string of the molecule is COC(=O)Cc1ccc(CNc2ccc(Cl)c(Br)c2)s1. The monoisotopic (exact) mass is 373 g/mol. The summed E-state index contributed by atoms with van der Waals surface area (Å²) in [4.78, 5) is 13.4. The van der Waals surface area contributed by atoms with E-state index in [0.717, 1.165) is 19.9 Å². The predicted molar refractivity (Wildman–Crippen MR) is 86.5 cm³/mol. The van der Waals surface area contributed by atoms with Crippen LogP contribution in [0, 0.1) is 0 Å². The third-order valence-corrected chi connectivity index (χ3v) is 4.95. The zero-order valence-electron chi connectivity index (χ0n) is 10.8. The van der Waals surface area contributed by atoms with Crippen LogP contribution in [0.2, 0.25) is 5.02 Å². The fourth-order valence-corrected chi connectivity index (χ4v) is 3.06. The Labute approximate surface area is 135 Å². The van der Waals surface area contributed by atoms with E-state index in [0.29, 0.717) is 18.0 Å². The van der Waals surface area contributed by atoms with Gasteiger partial charge in [0, 0.05) is 26.5 Å². The molecule has 106 valence electrons. The van der Waals surface area contributed by atoms with Crippen LogP contribution in [0.4, 0.5) is 5.69 Å². The normalized spacial score (nSPS) is 10.3. The van der Waals surface area contributed by atoms with Gasteiger partial charge in [-0.3, -0.25) is 4.79 Å². The molecular formula is C14H13BrClNO2S. The topological polar surface area (TPSA) is 38.3 Å². The molecule has 0 amide bonds. The van der Waals surface area contributed by atoms with Gasteiger partial charge in [0.2, 0.25) is 0 Å². The lowest BCUT2D eigenvalue weighted by atomic mass is 10.3. The van der Waals surface area contributed by atoms with Crippen molar-refractivity contribution in [2.45, 2.75) is 13.0 Å². The minimum absolute atomic E-state index is 0.215. The first-order chi connectivity index (χ1) is 9.58. The second kappa shape index (κ2) is 7.11. The molecule has 0 aliphatic heterocycles. The summed E-state index contributed by atoms with van der Waals surface area (Å²) >= 11 is 10.9. The van der Waals surface area contributed by atoms with E-state index in [1.165, 1.54) is 7.11 Å². The number of methoxy groups -OCH3 is 1. The maximum absolute atomic E-state index is 11.2. The van der Waals surface area contributed by atoms with Crippen molar-refractivity contribution in [1.29, 1.82) is 0 Å². The number of carbonyl (C=O) groups excluding carboxylic acids is 1. The Balaban J connectivity index is 1.93. The van der Waals surface area contributed by atoms with E-state index < -0.39 is 0 Å². The fourth-order valence-electron chi connectivity index (χ4n) is 1.62. The quantitative estimate of drug-likeness (QED) is 0.784. The fraction of sp³-hybridized carbons (Fsp3) is 0.214. The molecule has 2 rings (SSSR count). The van der Waals surface area contributed by atoms with E-state index in [1.807, 2.05) is 30.3 Å². The molecule has 1 aromatic heterocycles. The maximum atomic E-state index is 11.2. The van der Waals surface area contributed by atoms with E-state index in [-0.39, 0.29) is 5.97 Å². The first-order valence-corrected chi connectivity index (χ1v) is 7.90. The van der Waals surface area contributed by atoms with Gasteiger partial charge in [0.05, 0.1) is 18.6 Å². The summed E-state index contributed by atoms with van der Waals surface area (Å²) in [5, 5.41) is 4.00. The molecule has 0 fully saturated rings. The second-order valence-electron chi connectivity index (χ2n) is 4.10. The molecule has 0 radical (unpaired) electrons. The summed E-state index contributed by atoms with van der Waals surface area (Å²) in [6.45, 7) is 0.708. The first-order valence-electron chi connectivity index (χ1n) is 5.92. The predicted octanol–water partition coefficient (Wildman–Crippen LogP) is 4.49. The lowest BCUT2D eigenvalue weighted by molar-refractivity contribution is -0.139. The molecule has 0 saturated carbocycles. The smallest absolute Gasteiger partial charge is 0.310 e. The average molecular weight is 375 g/mol. The number of esters is 1. The van der Waals surface area contributed by atoms with Crippen LogP contribution < -0.4 is 5.32 Å². The molecular weight excluding hydrogens is 362 g/mol. The lowest BCUT2D eigenvalue weighted by Gasteiger charge is -2.06. The Morgan fingerprint density at radius 1 is 1.35 bits per heavy atom. The van der Waals surface area contributed by atoms with Gasteiger partial charge < -0.3 is 10.1 Å². The van der Waals surface area contributed by atoms with E-state index in [1.54, 1.807) is 11.3 Å². The van der Waals surface area contributed by atoms with Gasteiger partial charge in [-0.25, -0.2) is 0 Å². The Kier molecular flexibility index (Phi) is 5.46. The number of nitrogens with one attached hydrogen (secondary N) is 1. The van der Waals surface area contributed by atoms with Crippen LogP contribution in [0.5, 0.6) is 0 Å². The van der Waals surface area contributed by atoms with Gasteiger partial charge in [0.1, 0.15) is 0 Å². The molecule has 0 saturated heterocycles. The van der Waals surface area contributed by atoms with Gasteiger partial charge in [0.15, 0.2) is 0 Å². The van der Waals surface area contributed by atoms with Crippen molar-refractivity contribution in [2.24, 2.45) is 0 Å². The number of halogens is 2.